The van der Waals surface area contributed by atoms with E-state index in [2.05, 4.69) is 10.3 Å². The fourth-order valence-corrected chi connectivity index (χ4v) is 6.75. The summed E-state index contributed by atoms with van der Waals surface area (Å²) in [4.78, 5) is 32.1. The van der Waals surface area contributed by atoms with Gasteiger partial charge in [0, 0.05) is 35.2 Å². The standard InChI is InChI=1S/C33H49N5O6/c1-29(2,3)38-26(16-24(36-38)21-10-11-23(39)14-21)37(28(41)44-31(7,8)9)22-12-13-34-25(15-22)42-20-32-17-33(18-32,19-32)35-27(40)43-30(4,5)6/h12-13,15-16,21,23,39H,10-11,14,17-20H2,1-9H3,(H,35,40)/t21-,23+,32?,33?/m0/s1. The van der Waals surface area contributed by atoms with E-state index in [-0.39, 0.29) is 29.1 Å². The lowest BCUT2D eigenvalue weighted by Crippen LogP contribution is -2.76. The van der Waals surface area contributed by atoms with Crippen molar-refractivity contribution in [2.75, 3.05) is 11.5 Å². The van der Waals surface area contributed by atoms with Crippen LogP contribution >= 0.6 is 0 Å². The molecule has 0 spiro atoms. The van der Waals surface area contributed by atoms with Crippen molar-refractivity contribution >= 4 is 23.7 Å². The zero-order valence-corrected chi connectivity index (χ0v) is 27.7. The fourth-order valence-electron chi connectivity index (χ4n) is 6.75. The fraction of sp³-hybridized carbons (Fsp3) is 0.697. The van der Waals surface area contributed by atoms with Crippen LogP contribution in [0.5, 0.6) is 5.88 Å². The minimum Gasteiger partial charge on any atom is -0.477 e. The van der Waals surface area contributed by atoms with Crippen molar-refractivity contribution < 1.29 is 28.9 Å². The molecule has 2 aromatic heterocycles. The molecule has 11 heteroatoms. The third-order valence-electron chi connectivity index (χ3n) is 8.38. The molecule has 0 radical (unpaired) electrons. The first kappa shape index (κ1) is 32.1. The number of aromatic nitrogens is 3. The highest BCUT2D eigenvalue weighted by atomic mass is 16.6. The summed E-state index contributed by atoms with van der Waals surface area (Å²) in [7, 11) is 0. The molecule has 2 bridgehead atoms. The number of alkyl carbamates (subject to hydrolysis) is 1. The average molecular weight is 612 g/mol. The molecule has 4 saturated carbocycles. The molecular formula is C33H49N5O6. The number of aliphatic hydroxyl groups excluding tert-OH is 1. The van der Waals surface area contributed by atoms with Crippen molar-refractivity contribution in [3.63, 3.8) is 0 Å². The predicted octanol–water partition coefficient (Wildman–Crippen LogP) is 6.56. The van der Waals surface area contributed by atoms with Crippen LogP contribution in [0.25, 0.3) is 0 Å². The Bertz CT molecular complexity index is 1380. The number of pyridine rings is 1. The largest absolute Gasteiger partial charge is 0.477 e. The van der Waals surface area contributed by atoms with Crippen LogP contribution in [0.2, 0.25) is 0 Å². The van der Waals surface area contributed by atoms with Gasteiger partial charge in [-0.2, -0.15) is 5.10 Å². The Balaban J connectivity index is 1.36. The molecule has 242 valence electrons. The molecular weight excluding hydrogens is 562 g/mol. The maximum atomic E-state index is 13.8. The maximum absolute atomic E-state index is 13.8. The molecule has 11 nitrogen and oxygen atoms in total. The van der Waals surface area contributed by atoms with Gasteiger partial charge in [0.2, 0.25) is 5.88 Å². The van der Waals surface area contributed by atoms with Gasteiger partial charge >= 0.3 is 12.2 Å². The number of ether oxygens (including phenoxy) is 3. The quantitative estimate of drug-likeness (QED) is 0.360. The molecule has 2 heterocycles. The second kappa shape index (κ2) is 10.9. The highest BCUT2D eigenvalue weighted by Crippen LogP contribution is 2.67. The van der Waals surface area contributed by atoms with E-state index in [1.54, 1.807) is 18.3 Å². The van der Waals surface area contributed by atoms with Crippen molar-refractivity contribution in [3.8, 4) is 5.88 Å². The van der Waals surface area contributed by atoms with Crippen molar-refractivity contribution in [1.29, 1.82) is 0 Å². The van der Waals surface area contributed by atoms with E-state index < -0.39 is 22.8 Å². The Morgan fingerprint density at radius 2 is 1.68 bits per heavy atom. The van der Waals surface area contributed by atoms with E-state index in [0.717, 1.165) is 37.8 Å². The van der Waals surface area contributed by atoms with E-state index >= 15 is 0 Å². The number of hydrogen-bond acceptors (Lipinski definition) is 8. The Labute approximate surface area is 260 Å². The molecule has 2 aromatic rings. The van der Waals surface area contributed by atoms with Crippen LogP contribution in [0, 0.1) is 5.41 Å². The number of aliphatic hydroxyl groups is 1. The second-order valence-corrected chi connectivity index (χ2v) is 16.1. The van der Waals surface area contributed by atoms with E-state index in [9.17, 15) is 14.7 Å². The molecule has 2 N–H and O–H groups in total. The molecule has 0 unspecified atom stereocenters. The smallest absolute Gasteiger partial charge is 0.420 e. The first-order valence-electron chi connectivity index (χ1n) is 15.7. The number of hydrogen-bond donors (Lipinski definition) is 2. The first-order chi connectivity index (χ1) is 20.3. The topological polar surface area (TPSA) is 128 Å². The van der Waals surface area contributed by atoms with Gasteiger partial charge in [-0.05, 0) is 107 Å². The van der Waals surface area contributed by atoms with Gasteiger partial charge in [-0.1, -0.05) is 0 Å². The lowest BCUT2D eigenvalue weighted by molar-refractivity contribution is -0.171. The van der Waals surface area contributed by atoms with Gasteiger partial charge in [-0.3, -0.25) is 0 Å². The van der Waals surface area contributed by atoms with E-state index in [1.807, 2.05) is 73.1 Å². The molecule has 4 fully saturated rings. The van der Waals surface area contributed by atoms with Crippen LogP contribution in [0.3, 0.4) is 0 Å². The van der Waals surface area contributed by atoms with Gasteiger partial charge in [0.15, 0.2) is 0 Å². The van der Waals surface area contributed by atoms with Crippen molar-refractivity contribution in [3.05, 3.63) is 30.1 Å². The summed E-state index contributed by atoms with van der Waals surface area (Å²) < 4.78 is 19.4. The zero-order valence-electron chi connectivity index (χ0n) is 27.7. The summed E-state index contributed by atoms with van der Waals surface area (Å²) in [6.45, 7) is 17.7. The molecule has 4 aliphatic carbocycles. The maximum Gasteiger partial charge on any atom is 0.420 e. The van der Waals surface area contributed by atoms with Crippen molar-refractivity contribution in [2.24, 2.45) is 5.41 Å². The molecule has 0 aromatic carbocycles. The molecule has 0 aliphatic heterocycles. The Kier molecular flexibility index (Phi) is 7.96. The number of carbonyl (C=O) groups is 2. The minimum absolute atomic E-state index is 0.0108. The lowest BCUT2D eigenvalue weighted by Gasteiger charge is -2.69. The van der Waals surface area contributed by atoms with Gasteiger partial charge in [0.1, 0.15) is 17.0 Å². The highest BCUT2D eigenvalue weighted by molar-refractivity contribution is 5.95. The normalized spacial score (nSPS) is 26.3. The SMILES string of the molecule is CC(C)(C)OC(=O)NC12CC(COc3cc(N(C(=O)OC(C)(C)C)c4cc([C@H]5CC[C@@H](O)C5)nn4C(C)(C)C)ccn3)(C1)C2. The molecule has 44 heavy (non-hydrogen) atoms. The lowest BCUT2D eigenvalue weighted by atomic mass is 9.39. The zero-order chi connectivity index (χ0) is 32.3. The Hall–Kier alpha value is -3.34. The summed E-state index contributed by atoms with van der Waals surface area (Å²) in [5.74, 6) is 1.09. The van der Waals surface area contributed by atoms with Gasteiger partial charge in [0.05, 0.1) is 29.6 Å². The number of anilines is 2. The van der Waals surface area contributed by atoms with Crippen molar-refractivity contribution in [1.82, 2.24) is 20.1 Å². The van der Waals surface area contributed by atoms with E-state index in [0.29, 0.717) is 30.4 Å². The number of carbonyl (C=O) groups excluding carboxylic acids is 2. The Morgan fingerprint density at radius 3 is 2.25 bits per heavy atom. The van der Waals surface area contributed by atoms with Crippen LogP contribution in [-0.2, 0) is 15.0 Å². The number of rotatable bonds is 7. The first-order valence-corrected chi connectivity index (χ1v) is 15.7. The third-order valence-corrected chi connectivity index (χ3v) is 8.38. The Morgan fingerprint density at radius 1 is 1.02 bits per heavy atom. The summed E-state index contributed by atoms with van der Waals surface area (Å²) in [5.41, 5.74) is -0.527. The minimum atomic E-state index is -0.722. The van der Waals surface area contributed by atoms with Gasteiger partial charge in [-0.25, -0.2) is 24.2 Å². The number of nitrogens with zero attached hydrogens (tertiary/aromatic N) is 4. The predicted molar refractivity (Wildman–Crippen MR) is 166 cm³/mol. The van der Waals surface area contributed by atoms with Gasteiger partial charge in [0.25, 0.3) is 0 Å². The monoisotopic (exact) mass is 611 g/mol. The van der Waals surface area contributed by atoms with E-state index in [4.69, 9.17) is 19.3 Å². The molecule has 4 aliphatic rings. The average Bonchev–Trinajstić information content (AvgIpc) is 3.44. The van der Waals surface area contributed by atoms with Gasteiger partial charge < -0.3 is 24.6 Å². The number of nitrogens with one attached hydrogen (secondary N) is 1. The third kappa shape index (κ3) is 6.98. The van der Waals surface area contributed by atoms with Crippen LogP contribution in [-0.4, -0.2) is 61.5 Å². The van der Waals surface area contributed by atoms with Gasteiger partial charge in [-0.15, -0.1) is 0 Å². The van der Waals surface area contributed by atoms with Crippen molar-refractivity contribution in [2.45, 2.75) is 135 Å². The molecule has 6 rings (SSSR count). The summed E-state index contributed by atoms with van der Waals surface area (Å²) in [5, 5.41) is 18.2. The second-order valence-electron chi connectivity index (χ2n) is 16.1. The summed E-state index contributed by atoms with van der Waals surface area (Å²) in [6.07, 6.45) is 5.08. The summed E-state index contributed by atoms with van der Waals surface area (Å²) in [6, 6.07) is 5.46. The van der Waals surface area contributed by atoms with Crippen LogP contribution in [0.15, 0.2) is 24.4 Å². The summed E-state index contributed by atoms with van der Waals surface area (Å²) >= 11 is 0. The molecule has 2 atom stereocenters. The highest BCUT2D eigenvalue weighted by Gasteiger charge is 2.69. The molecule has 0 saturated heterocycles. The van der Waals surface area contributed by atoms with E-state index in [1.165, 1.54) is 4.90 Å². The number of amides is 2. The molecule has 2 amide bonds. The van der Waals surface area contributed by atoms with Crippen LogP contribution in [0.4, 0.5) is 21.1 Å². The van der Waals surface area contributed by atoms with Crippen LogP contribution in [0.1, 0.15) is 112 Å². The van der Waals surface area contributed by atoms with Crippen LogP contribution < -0.4 is 15.0 Å².